The minimum Gasteiger partial charge on any atom is -0.445 e. The van der Waals surface area contributed by atoms with Gasteiger partial charge in [0.25, 0.3) is 5.56 Å². The maximum Gasteiger partial charge on any atom is 0.423 e. The molecule has 1 fully saturated rings. The lowest BCUT2D eigenvalue weighted by molar-refractivity contribution is -0.138. The molecule has 0 radical (unpaired) electrons. The summed E-state index contributed by atoms with van der Waals surface area (Å²) in [5.41, 5.74) is -2.92. The molecule has 0 spiro atoms. The molecular formula is C22H25F3N8O4. The molecule has 2 unspecified atom stereocenters. The number of anilines is 2. The average molecular weight is 522 g/mol. The first-order valence-corrected chi connectivity index (χ1v) is 11.1. The molecular weight excluding hydrogens is 497 g/mol. The molecule has 2 aromatic heterocycles. The number of hydrogen-bond donors (Lipinski definition) is 2. The molecule has 0 bridgehead atoms. The van der Waals surface area contributed by atoms with Gasteiger partial charge in [-0.05, 0) is 13.0 Å². The smallest absolute Gasteiger partial charge is 0.423 e. The SMILES string of the molecule is COCC(/C=C/COC(=O)N1CCN(c2ncc(C#N)cn2)CC1C)Nc1cn[nH]c(=O)c1C(F)(F)F. The summed E-state index contributed by atoms with van der Waals surface area (Å²) in [5, 5.41) is 16.6. The Morgan fingerprint density at radius 3 is 2.70 bits per heavy atom. The summed E-state index contributed by atoms with van der Waals surface area (Å²) < 4.78 is 50.2. The summed E-state index contributed by atoms with van der Waals surface area (Å²) in [6, 6.07) is 0.985. The van der Waals surface area contributed by atoms with Crippen LogP contribution in [0.25, 0.3) is 0 Å². The molecule has 37 heavy (non-hydrogen) atoms. The third-order valence-corrected chi connectivity index (χ3v) is 5.41. The van der Waals surface area contributed by atoms with Crippen molar-refractivity contribution >= 4 is 17.7 Å². The van der Waals surface area contributed by atoms with Crippen molar-refractivity contribution in [2.75, 3.05) is 50.2 Å². The number of rotatable bonds is 8. The van der Waals surface area contributed by atoms with E-state index in [4.69, 9.17) is 14.7 Å². The van der Waals surface area contributed by atoms with Gasteiger partial charge in [0.2, 0.25) is 5.95 Å². The summed E-state index contributed by atoms with van der Waals surface area (Å²) in [7, 11) is 1.37. The molecule has 0 saturated carbocycles. The van der Waals surface area contributed by atoms with Crippen LogP contribution in [0, 0.1) is 11.3 Å². The summed E-state index contributed by atoms with van der Waals surface area (Å²) in [4.78, 5) is 36.0. The van der Waals surface area contributed by atoms with E-state index in [0.717, 1.165) is 6.20 Å². The van der Waals surface area contributed by atoms with Crippen molar-refractivity contribution in [2.24, 2.45) is 0 Å². The van der Waals surface area contributed by atoms with Crippen molar-refractivity contribution in [2.45, 2.75) is 25.2 Å². The number of methoxy groups -OCH3 is 1. The number of aromatic nitrogens is 4. The molecule has 1 amide bonds. The largest absolute Gasteiger partial charge is 0.445 e. The Kier molecular flexibility index (Phi) is 9.01. The first kappa shape index (κ1) is 27.4. The van der Waals surface area contributed by atoms with Crippen LogP contribution in [0.2, 0.25) is 0 Å². The summed E-state index contributed by atoms with van der Waals surface area (Å²) >= 11 is 0. The lowest BCUT2D eigenvalue weighted by Crippen LogP contribution is -2.54. The predicted octanol–water partition coefficient (Wildman–Crippen LogP) is 1.78. The summed E-state index contributed by atoms with van der Waals surface area (Å²) in [6.45, 7) is 2.97. The van der Waals surface area contributed by atoms with Crippen molar-refractivity contribution in [3.63, 3.8) is 0 Å². The third kappa shape index (κ3) is 7.17. The van der Waals surface area contributed by atoms with Gasteiger partial charge in [-0.25, -0.2) is 19.9 Å². The number of ether oxygens (including phenoxy) is 2. The monoisotopic (exact) mass is 522 g/mol. The van der Waals surface area contributed by atoms with E-state index < -0.39 is 35.1 Å². The molecule has 1 aliphatic heterocycles. The molecule has 15 heteroatoms. The Hall–Kier alpha value is -4.19. The fourth-order valence-corrected chi connectivity index (χ4v) is 3.69. The van der Waals surface area contributed by atoms with Crippen LogP contribution in [0.4, 0.5) is 29.6 Å². The number of carbonyl (C=O) groups is 1. The molecule has 2 atom stereocenters. The van der Waals surface area contributed by atoms with Crippen LogP contribution in [-0.2, 0) is 15.7 Å². The highest BCUT2D eigenvalue weighted by atomic mass is 19.4. The molecule has 1 aliphatic rings. The van der Waals surface area contributed by atoms with E-state index in [0.29, 0.717) is 31.1 Å². The first-order valence-electron chi connectivity index (χ1n) is 11.1. The van der Waals surface area contributed by atoms with Crippen molar-refractivity contribution < 1.29 is 27.4 Å². The first-order chi connectivity index (χ1) is 17.6. The van der Waals surface area contributed by atoms with E-state index in [1.165, 1.54) is 31.7 Å². The van der Waals surface area contributed by atoms with Gasteiger partial charge in [-0.1, -0.05) is 6.08 Å². The molecule has 0 aromatic carbocycles. The van der Waals surface area contributed by atoms with Gasteiger partial charge in [-0.3, -0.25) is 4.79 Å². The Balaban J connectivity index is 1.54. The number of aromatic amines is 1. The Morgan fingerprint density at radius 2 is 2.08 bits per heavy atom. The van der Waals surface area contributed by atoms with Crippen molar-refractivity contribution in [1.82, 2.24) is 25.1 Å². The van der Waals surface area contributed by atoms with Gasteiger partial charge in [0.15, 0.2) is 0 Å². The Labute approximate surface area is 209 Å². The summed E-state index contributed by atoms with van der Waals surface area (Å²) in [5.74, 6) is 0.461. The lowest BCUT2D eigenvalue weighted by atomic mass is 10.2. The number of carbonyl (C=O) groups excluding carboxylic acids is 1. The van der Waals surface area contributed by atoms with Crippen LogP contribution >= 0.6 is 0 Å². The molecule has 3 rings (SSSR count). The van der Waals surface area contributed by atoms with Gasteiger partial charge in [0, 0.05) is 32.8 Å². The van der Waals surface area contributed by atoms with E-state index in [-0.39, 0.29) is 19.3 Å². The number of nitriles is 1. The molecule has 3 heterocycles. The standard InChI is InChI=1S/C22H25F3N8O4/c1-14-12-32(20-27-9-15(8-26)10-28-20)5-6-33(14)21(35)37-7-3-4-16(13-36-2)30-17-11-29-31-19(34)18(17)22(23,24)25/h3-4,9-11,14,16H,5-7,12-13H2,1-2H3,(H2,30,31,34)/b4-3+. The van der Waals surface area contributed by atoms with Crippen LogP contribution in [0.5, 0.6) is 0 Å². The number of hydrogen-bond acceptors (Lipinski definition) is 10. The van der Waals surface area contributed by atoms with Gasteiger partial charge < -0.3 is 24.6 Å². The van der Waals surface area contributed by atoms with Gasteiger partial charge in [0.1, 0.15) is 18.2 Å². The minimum absolute atomic E-state index is 0.0229. The van der Waals surface area contributed by atoms with Gasteiger partial charge in [-0.15, -0.1) is 0 Å². The zero-order valence-corrected chi connectivity index (χ0v) is 20.0. The van der Waals surface area contributed by atoms with Crippen LogP contribution < -0.4 is 15.8 Å². The zero-order valence-electron chi connectivity index (χ0n) is 20.0. The van der Waals surface area contributed by atoms with Crippen molar-refractivity contribution in [3.05, 3.63) is 52.2 Å². The van der Waals surface area contributed by atoms with E-state index in [1.807, 2.05) is 17.9 Å². The lowest BCUT2D eigenvalue weighted by Gasteiger charge is -2.39. The second kappa shape index (κ2) is 12.2. The molecule has 12 nitrogen and oxygen atoms in total. The number of alkyl halides is 3. The molecule has 1 saturated heterocycles. The van der Waals surface area contributed by atoms with Crippen LogP contribution in [0.3, 0.4) is 0 Å². The van der Waals surface area contributed by atoms with Crippen LogP contribution in [0.1, 0.15) is 18.1 Å². The van der Waals surface area contributed by atoms with Gasteiger partial charge in [-0.2, -0.15) is 23.5 Å². The van der Waals surface area contributed by atoms with Gasteiger partial charge in [0.05, 0.1) is 42.5 Å². The van der Waals surface area contributed by atoms with Gasteiger partial charge >= 0.3 is 12.3 Å². The highest BCUT2D eigenvalue weighted by Gasteiger charge is 2.37. The van der Waals surface area contributed by atoms with Crippen LogP contribution in [-0.4, -0.2) is 83.2 Å². The molecule has 2 aromatic rings. The fourth-order valence-electron chi connectivity index (χ4n) is 3.69. The second-order valence-corrected chi connectivity index (χ2v) is 8.07. The number of amides is 1. The quantitative estimate of drug-likeness (QED) is 0.491. The average Bonchev–Trinajstić information content (AvgIpc) is 2.85. The number of nitrogens with one attached hydrogen (secondary N) is 2. The number of H-pyrrole nitrogens is 1. The second-order valence-electron chi connectivity index (χ2n) is 8.07. The molecule has 198 valence electrons. The van der Waals surface area contributed by atoms with Crippen molar-refractivity contribution in [3.8, 4) is 6.07 Å². The number of nitrogens with zero attached hydrogens (tertiary/aromatic N) is 6. The predicted molar refractivity (Wildman–Crippen MR) is 125 cm³/mol. The summed E-state index contributed by atoms with van der Waals surface area (Å²) in [6.07, 6.45) is 1.24. The molecule has 2 N–H and O–H groups in total. The zero-order chi connectivity index (χ0) is 27.0. The van der Waals surface area contributed by atoms with E-state index in [2.05, 4.69) is 20.4 Å². The maximum absolute atomic E-state index is 13.3. The van der Waals surface area contributed by atoms with E-state index in [1.54, 1.807) is 10.00 Å². The minimum atomic E-state index is -4.89. The van der Waals surface area contributed by atoms with Crippen molar-refractivity contribution in [1.29, 1.82) is 5.26 Å². The fraction of sp³-hybridized carbons (Fsp3) is 0.455. The Morgan fingerprint density at radius 1 is 1.35 bits per heavy atom. The number of halogens is 3. The highest BCUT2D eigenvalue weighted by molar-refractivity contribution is 5.68. The number of piperazine rings is 1. The third-order valence-electron chi connectivity index (χ3n) is 5.41. The maximum atomic E-state index is 13.3. The van der Waals surface area contributed by atoms with Crippen LogP contribution in [0.15, 0.2) is 35.5 Å². The van der Waals surface area contributed by atoms with E-state index in [9.17, 15) is 22.8 Å². The molecule has 0 aliphatic carbocycles. The Bertz CT molecular complexity index is 1200. The van der Waals surface area contributed by atoms with E-state index >= 15 is 0 Å². The topological polar surface area (TPSA) is 149 Å². The highest BCUT2D eigenvalue weighted by Crippen LogP contribution is 2.31. The normalized spacial score (nSPS) is 16.9.